The van der Waals surface area contributed by atoms with E-state index in [9.17, 15) is 19.2 Å². The predicted octanol–water partition coefficient (Wildman–Crippen LogP) is 2.26. The highest BCUT2D eigenvalue weighted by atomic mass is 16.5. The number of ether oxygens (including phenoxy) is 1. The van der Waals surface area contributed by atoms with E-state index in [4.69, 9.17) is 11.3 Å². The van der Waals surface area contributed by atoms with Crippen molar-refractivity contribution in [1.29, 1.82) is 0 Å². The van der Waals surface area contributed by atoms with E-state index < -0.39 is 48.4 Å². The zero-order valence-electron chi connectivity index (χ0n) is 22.2. The van der Waals surface area contributed by atoms with Crippen molar-refractivity contribution in [2.75, 3.05) is 13.7 Å². The topological polar surface area (TPSA) is 118 Å². The van der Waals surface area contributed by atoms with Gasteiger partial charge in [-0.15, -0.1) is 0 Å². The number of nitrogens with one attached hydrogen (secondary N) is 3. The summed E-state index contributed by atoms with van der Waals surface area (Å²) in [5, 5.41) is 8.10. The SMILES string of the molecule is [C-]#[N+]CC(=O)N[C@@H](Cc1ccccc1)C(=O)N[C@@H](Cc1ccccc1)C(=O)N[C@@H](Cc1ccccc1)C(=O)OC. The average Bonchev–Trinajstić information content (AvgIpc) is 2.97. The second-order valence-electron chi connectivity index (χ2n) is 9.15. The third-order valence-electron chi connectivity index (χ3n) is 6.16. The van der Waals surface area contributed by atoms with Crippen molar-refractivity contribution in [3.05, 3.63) is 119 Å². The summed E-state index contributed by atoms with van der Waals surface area (Å²) in [4.78, 5) is 54.9. The van der Waals surface area contributed by atoms with E-state index >= 15 is 0 Å². The molecule has 0 aromatic heterocycles. The van der Waals surface area contributed by atoms with Gasteiger partial charge in [-0.25, -0.2) is 11.4 Å². The zero-order chi connectivity index (χ0) is 28.7. The van der Waals surface area contributed by atoms with E-state index in [0.717, 1.165) is 16.7 Å². The minimum absolute atomic E-state index is 0.145. The molecule has 206 valence electrons. The summed E-state index contributed by atoms with van der Waals surface area (Å²) in [6, 6.07) is 24.4. The lowest BCUT2D eigenvalue weighted by Gasteiger charge is -2.25. The van der Waals surface area contributed by atoms with Gasteiger partial charge in [-0.3, -0.25) is 14.4 Å². The van der Waals surface area contributed by atoms with Gasteiger partial charge in [0.1, 0.15) is 18.1 Å². The van der Waals surface area contributed by atoms with E-state index in [2.05, 4.69) is 20.8 Å². The van der Waals surface area contributed by atoms with Crippen molar-refractivity contribution < 1.29 is 23.9 Å². The summed E-state index contributed by atoms with van der Waals surface area (Å²) in [5.41, 5.74) is 2.41. The van der Waals surface area contributed by atoms with Crippen LogP contribution < -0.4 is 16.0 Å². The zero-order valence-corrected chi connectivity index (χ0v) is 22.2. The fraction of sp³-hybridized carbons (Fsp3) is 0.258. The lowest BCUT2D eigenvalue weighted by atomic mass is 10.0. The van der Waals surface area contributed by atoms with Crippen molar-refractivity contribution in [2.45, 2.75) is 37.4 Å². The molecule has 9 heteroatoms. The normalized spacial score (nSPS) is 12.6. The third-order valence-corrected chi connectivity index (χ3v) is 6.16. The molecular weight excluding hydrogens is 508 g/mol. The first-order valence-electron chi connectivity index (χ1n) is 12.8. The lowest BCUT2D eigenvalue weighted by Crippen LogP contribution is -2.57. The van der Waals surface area contributed by atoms with Crippen molar-refractivity contribution in [2.24, 2.45) is 0 Å². The fourth-order valence-electron chi connectivity index (χ4n) is 4.16. The number of rotatable bonds is 13. The first-order valence-corrected chi connectivity index (χ1v) is 12.8. The summed E-state index contributed by atoms with van der Waals surface area (Å²) < 4.78 is 4.92. The van der Waals surface area contributed by atoms with Crippen LogP contribution in [-0.2, 0) is 43.2 Å². The standard InChI is InChI=1S/C31H32N4O5/c1-32-21-28(36)33-25(18-22-12-6-3-7-13-22)29(37)34-26(19-23-14-8-4-9-15-23)30(38)35-27(31(39)40-2)20-24-16-10-5-11-17-24/h3-17,25-27H,18-21H2,2H3,(H,33,36)(H,34,37)(H,35,38)/t25-,26-,27-/m0/s1. The molecule has 3 rings (SSSR count). The van der Waals surface area contributed by atoms with Crippen LogP contribution >= 0.6 is 0 Å². The molecule has 0 aliphatic heterocycles. The maximum atomic E-state index is 13.5. The number of carbonyl (C=O) groups excluding carboxylic acids is 4. The molecule has 0 bridgehead atoms. The molecule has 0 saturated carbocycles. The highest BCUT2D eigenvalue weighted by Crippen LogP contribution is 2.09. The van der Waals surface area contributed by atoms with Gasteiger partial charge in [-0.2, -0.15) is 0 Å². The number of methoxy groups -OCH3 is 1. The molecule has 0 fully saturated rings. The minimum Gasteiger partial charge on any atom is -0.467 e. The minimum atomic E-state index is -1.06. The fourth-order valence-corrected chi connectivity index (χ4v) is 4.16. The van der Waals surface area contributed by atoms with Gasteiger partial charge >= 0.3 is 11.9 Å². The quantitative estimate of drug-likeness (QED) is 0.227. The first-order chi connectivity index (χ1) is 19.4. The van der Waals surface area contributed by atoms with Crippen LogP contribution in [0.5, 0.6) is 0 Å². The van der Waals surface area contributed by atoms with Gasteiger partial charge in [0.2, 0.25) is 11.8 Å². The molecule has 0 spiro atoms. The Morgan fingerprint density at radius 1 is 0.650 bits per heavy atom. The van der Waals surface area contributed by atoms with Crippen molar-refractivity contribution in [1.82, 2.24) is 16.0 Å². The van der Waals surface area contributed by atoms with Crippen LogP contribution in [0.3, 0.4) is 0 Å². The van der Waals surface area contributed by atoms with Crippen LogP contribution in [0.2, 0.25) is 0 Å². The van der Waals surface area contributed by atoms with Gasteiger partial charge < -0.3 is 25.5 Å². The van der Waals surface area contributed by atoms with E-state index in [1.807, 2.05) is 91.0 Å². The van der Waals surface area contributed by atoms with Crippen LogP contribution in [-0.4, -0.2) is 55.5 Å². The van der Waals surface area contributed by atoms with Gasteiger partial charge in [0.05, 0.1) is 7.11 Å². The Hall–Kier alpha value is -4.97. The van der Waals surface area contributed by atoms with Crippen LogP contribution in [0.4, 0.5) is 0 Å². The van der Waals surface area contributed by atoms with Gasteiger partial charge in [-0.05, 0) is 16.7 Å². The molecule has 40 heavy (non-hydrogen) atoms. The molecule has 9 nitrogen and oxygen atoms in total. The second-order valence-corrected chi connectivity index (χ2v) is 9.15. The van der Waals surface area contributed by atoms with Gasteiger partial charge in [-0.1, -0.05) is 91.0 Å². The van der Waals surface area contributed by atoms with E-state index in [-0.39, 0.29) is 19.3 Å². The summed E-state index contributed by atoms with van der Waals surface area (Å²) in [7, 11) is 1.25. The molecule has 0 heterocycles. The van der Waals surface area contributed by atoms with E-state index in [1.54, 1.807) is 0 Å². The maximum absolute atomic E-state index is 13.5. The number of amides is 3. The van der Waals surface area contributed by atoms with Gasteiger partial charge in [0.25, 0.3) is 6.54 Å². The summed E-state index contributed by atoms with van der Waals surface area (Å²) in [5.74, 6) is -2.37. The van der Waals surface area contributed by atoms with E-state index in [0.29, 0.717) is 0 Å². The Labute approximate surface area is 233 Å². The Bertz CT molecular complexity index is 1310. The molecule has 0 saturated heterocycles. The Morgan fingerprint density at radius 3 is 1.43 bits per heavy atom. The molecular formula is C31H32N4O5. The molecule has 3 aromatic rings. The van der Waals surface area contributed by atoms with Gasteiger partial charge in [0.15, 0.2) is 0 Å². The monoisotopic (exact) mass is 540 g/mol. The number of nitrogens with zero attached hydrogens (tertiary/aromatic N) is 1. The van der Waals surface area contributed by atoms with Crippen molar-refractivity contribution >= 4 is 23.7 Å². The number of esters is 1. The number of hydrogen-bond donors (Lipinski definition) is 3. The Balaban J connectivity index is 1.83. The highest BCUT2D eigenvalue weighted by molar-refractivity contribution is 5.94. The smallest absolute Gasteiger partial charge is 0.328 e. The predicted molar refractivity (Wildman–Crippen MR) is 150 cm³/mol. The van der Waals surface area contributed by atoms with Crippen LogP contribution in [0.15, 0.2) is 91.0 Å². The lowest BCUT2D eigenvalue weighted by molar-refractivity contribution is -0.145. The Morgan fingerprint density at radius 2 is 1.02 bits per heavy atom. The molecule has 3 aromatic carbocycles. The number of benzene rings is 3. The number of carbonyl (C=O) groups is 4. The molecule has 0 aliphatic carbocycles. The maximum Gasteiger partial charge on any atom is 0.328 e. The molecule has 3 amide bonds. The Kier molecular flexibility index (Phi) is 11.4. The molecule has 0 unspecified atom stereocenters. The number of hydrogen-bond acceptors (Lipinski definition) is 5. The van der Waals surface area contributed by atoms with E-state index in [1.165, 1.54) is 7.11 Å². The molecule has 3 atom stereocenters. The molecule has 0 radical (unpaired) electrons. The van der Waals surface area contributed by atoms with Crippen molar-refractivity contribution in [3.8, 4) is 0 Å². The largest absolute Gasteiger partial charge is 0.467 e. The molecule has 3 N–H and O–H groups in total. The summed E-state index contributed by atoms with van der Waals surface area (Å²) in [6.07, 6.45) is 0.509. The second kappa shape index (κ2) is 15.4. The average molecular weight is 541 g/mol. The van der Waals surface area contributed by atoms with Crippen LogP contribution in [0.1, 0.15) is 16.7 Å². The third kappa shape index (κ3) is 9.40. The summed E-state index contributed by atoms with van der Waals surface area (Å²) in [6.45, 7) is 6.55. The molecule has 0 aliphatic rings. The highest BCUT2D eigenvalue weighted by Gasteiger charge is 2.30. The first kappa shape index (κ1) is 29.6. The van der Waals surface area contributed by atoms with Crippen LogP contribution in [0, 0.1) is 6.57 Å². The summed E-state index contributed by atoms with van der Waals surface area (Å²) >= 11 is 0. The van der Waals surface area contributed by atoms with Crippen molar-refractivity contribution in [3.63, 3.8) is 0 Å². The van der Waals surface area contributed by atoms with Crippen LogP contribution in [0.25, 0.3) is 4.85 Å². The van der Waals surface area contributed by atoms with Gasteiger partial charge in [0, 0.05) is 19.3 Å².